The number of halogens is 1. The Balaban J connectivity index is 2.56. The second-order valence-corrected chi connectivity index (χ2v) is 8.87. The molecule has 7 heteroatoms. The summed E-state index contributed by atoms with van der Waals surface area (Å²) in [5.41, 5.74) is 0.188. The number of hydrogen-bond donors (Lipinski definition) is 1. The average molecular weight is 389 g/mol. The molecule has 0 aliphatic carbocycles. The number of unbranched alkanes of at least 4 members (excludes halogenated alkanes) is 6. The molecule has 0 saturated carbocycles. The van der Waals surface area contributed by atoms with Gasteiger partial charge >= 0.3 is 0 Å². The first-order valence-corrected chi connectivity index (χ1v) is 10.6. The van der Waals surface area contributed by atoms with E-state index in [0.29, 0.717) is 6.54 Å². The molecule has 0 unspecified atom stereocenters. The van der Waals surface area contributed by atoms with Crippen LogP contribution in [0.1, 0.15) is 62.2 Å². The maximum Gasteiger partial charge on any atom is 0.252 e. The summed E-state index contributed by atoms with van der Waals surface area (Å²) in [5.74, 6) is -0.341. The Morgan fingerprint density at radius 2 is 1.68 bits per heavy atom. The topological polar surface area (TPSA) is 66.5 Å². The van der Waals surface area contributed by atoms with Crippen LogP contribution in [-0.2, 0) is 10.0 Å². The Bertz CT molecular complexity index is 660. The van der Waals surface area contributed by atoms with Gasteiger partial charge < -0.3 is 5.32 Å². The Morgan fingerprint density at radius 3 is 2.28 bits per heavy atom. The third-order valence-corrected chi connectivity index (χ3v) is 6.17. The highest BCUT2D eigenvalue weighted by Gasteiger charge is 2.20. The molecule has 0 aliphatic heterocycles. The van der Waals surface area contributed by atoms with Crippen LogP contribution in [0, 0.1) is 0 Å². The number of amides is 1. The number of hydrogen-bond acceptors (Lipinski definition) is 3. The fourth-order valence-electron chi connectivity index (χ4n) is 2.43. The first-order chi connectivity index (χ1) is 11.8. The summed E-state index contributed by atoms with van der Waals surface area (Å²) in [6, 6.07) is 4.18. The fraction of sp³-hybridized carbons (Fsp3) is 0.611. The summed E-state index contributed by atoms with van der Waals surface area (Å²) in [7, 11) is -0.698. The maximum absolute atomic E-state index is 12.3. The van der Waals surface area contributed by atoms with E-state index in [9.17, 15) is 13.2 Å². The van der Waals surface area contributed by atoms with Crippen molar-refractivity contribution in [3.63, 3.8) is 0 Å². The Labute approximate surface area is 156 Å². The molecule has 1 amide bonds. The van der Waals surface area contributed by atoms with Crippen LogP contribution in [0.5, 0.6) is 0 Å². The van der Waals surface area contributed by atoms with Gasteiger partial charge in [0.25, 0.3) is 5.91 Å². The van der Waals surface area contributed by atoms with Crippen molar-refractivity contribution in [3.05, 3.63) is 28.8 Å². The molecule has 1 aromatic carbocycles. The highest BCUT2D eigenvalue weighted by atomic mass is 35.5. The molecule has 5 nitrogen and oxygen atoms in total. The van der Waals surface area contributed by atoms with E-state index < -0.39 is 10.0 Å². The Kier molecular flexibility index (Phi) is 9.46. The number of rotatable bonds is 11. The molecule has 0 fully saturated rings. The molecule has 0 aliphatic rings. The van der Waals surface area contributed by atoms with Crippen molar-refractivity contribution in [1.82, 2.24) is 9.62 Å². The van der Waals surface area contributed by atoms with Crippen molar-refractivity contribution in [2.75, 3.05) is 20.6 Å². The lowest BCUT2D eigenvalue weighted by molar-refractivity contribution is 0.0953. The van der Waals surface area contributed by atoms with Crippen molar-refractivity contribution >= 4 is 27.5 Å². The minimum absolute atomic E-state index is 0.0583. The SMILES string of the molecule is CCCCCCCCCNC(=O)c1cc(S(=O)(=O)N(C)C)ccc1Cl. The van der Waals surface area contributed by atoms with Gasteiger partial charge in [0.2, 0.25) is 10.0 Å². The molecule has 1 aromatic rings. The lowest BCUT2D eigenvalue weighted by Crippen LogP contribution is -2.26. The number of sulfonamides is 1. The fourth-order valence-corrected chi connectivity index (χ4v) is 3.56. The van der Waals surface area contributed by atoms with Gasteiger partial charge in [0.05, 0.1) is 15.5 Å². The maximum atomic E-state index is 12.3. The standard InChI is InChI=1S/C18H29ClN2O3S/c1-4-5-6-7-8-9-10-13-20-18(22)16-14-15(11-12-17(16)19)25(23,24)21(2)3/h11-12,14H,4-10,13H2,1-3H3,(H,20,22). The van der Waals surface area contributed by atoms with Crippen LogP contribution in [0.3, 0.4) is 0 Å². The second kappa shape index (κ2) is 10.8. The van der Waals surface area contributed by atoms with Gasteiger partial charge in [0.15, 0.2) is 0 Å². The van der Waals surface area contributed by atoms with E-state index in [1.807, 2.05) is 0 Å². The van der Waals surface area contributed by atoms with Crippen LogP contribution in [0.15, 0.2) is 23.1 Å². The Hall–Kier alpha value is -1.11. The molecule has 0 heterocycles. The predicted octanol–water partition coefficient (Wildman–Crippen LogP) is 4.07. The van der Waals surface area contributed by atoms with Crippen molar-refractivity contribution in [2.24, 2.45) is 0 Å². The van der Waals surface area contributed by atoms with E-state index >= 15 is 0 Å². The van der Waals surface area contributed by atoms with Crippen molar-refractivity contribution in [2.45, 2.75) is 56.8 Å². The van der Waals surface area contributed by atoms with Gasteiger partial charge in [0.1, 0.15) is 0 Å². The second-order valence-electron chi connectivity index (χ2n) is 6.31. The van der Waals surface area contributed by atoms with E-state index in [1.54, 1.807) is 0 Å². The summed E-state index contributed by atoms with van der Waals surface area (Å²) in [6.45, 7) is 2.76. The van der Waals surface area contributed by atoms with Gasteiger partial charge in [-0.15, -0.1) is 0 Å². The number of benzene rings is 1. The summed E-state index contributed by atoms with van der Waals surface area (Å²) >= 11 is 6.06. The zero-order chi connectivity index (χ0) is 18.9. The van der Waals surface area contributed by atoms with Crippen LogP contribution in [0.25, 0.3) is 0 Å². The lowest BCUT2D eigenvalue weighted by atomic mass is 10.1. The molecule has 0 aromatic heterocycles. The summed E-state index contributed by atoms with van der Waals surface area (Å²) in [5, 5.41) is 3.06. The number of carbonyl (C=O) groups is 1. The quantitative estimate of drug-likeness (QED) is 0.581. The highest BCUT2D eigenvalue weighted by molar-refractivity contribution is 7.89. The van der Waals surface area contributed by atoms with E-state index in [1.165, 1.54) is 64.4 Å². The molecule has 1 N–H and O–H groups in total. The van der Waals surface area contributed by atoms with Gasteiger partial charge in [-0.3, -0.25) is 4.79 Å². The van der Waals surface area contributed by atoms with E-state index in [2.05, 4.69) is 12.2 Å². The summed E-state index contributed by atoms with van der Waals surface area (Å²) in [4.78, 5) is 12.3. The Morgan fingerprint density at radius 1 is 1.08 bits per heavy atom. The summed E-state index contributed by atoms with van der Waals surface area (Å²) in [6.07, 6.45) is 8.18. The van der Waals surface area contributed by atoms with Crippen molar-refractivity contribution < 1.29 is 13.2 Å². The van der Waals surface area contributed by atoms with Gasteiger partial charge in [-0.2, -0.15) is 0 Å². The molecule has 0 spiro atoms. The number of nitrogens with zero attached hydrogens (tertiary/aromatic N) is 1. The molecule has 0 saturated heterocycles. The third kappa shape index (κ3) is 6.96. The van der Waals surface area contributed by atoms with Crippen molar-refractivity contribution in [3.8, 4) is 0 Å². The summed E-state index contributed by atoms with van der Waals surface area (Å²) < 4.78 is 25.5. The minimum atomic E-state index is -3.60. The molecule has 142 valence electrons. The van der Waals surface area contributed by atoms with Gasteiger partial charge in [-0.05, 0) is 24.6 Å². The molecule has 1 rings (SSSR count). The predicted molar refractivity (Wildman–Crippen MR) is 103 cm³/mol. The first kappa shape index (κ1) is 21.9. The minimum Gasteiger partial charge on any atom is -0.352 e. The van der Waals surface area contributed by atoms with Crippen LogP contribution >= 0.6 is 11.6 Å². The molecular weight excluding hydrogens is 360 g/mol. The molecule has 0 atom stereocenters. The zero-order valence-corrected chi connectivity index (χ0v) is 16.9. The third-order valence-electron chi connectivity index (χ3n) is 4.03. The smallest absolute Gasteiger partial charge is 0.252 e. The largest absolute Gasteiger partial charge is 0.352 e. The monoisotopic (exact) mass is 388 g/mol. The van der Waals surface area contributed by atoms with Crippen LogP contribution in [0.2, 0.25) is 5.02 Å². The lowest BCUT2D eigenvalue weighted by Gasteiger charge is -2.13. The normalized spacial score (nSPS) is 11.7. The highest BCUT2D eigenvalue weighted by Crippen LogP contribution is 2.22. The van der Waals surface area contributed by atoms with Gasteiger partial charge in [-0.1, -0.05) is 57.0 Å². The molecule has 0 radical (unpaired) electrons. The van der Waals surface area contributed by atoms with Gasteiger partial charge in [-0.25, -0.2) is 12.7 Å². The van der Waals surface area contributed by atoms with Gasteiger partial charge in [0, 0.05) is 20.6 Å². The molecular formula is C18H29ClN2O3S. The molecule has 25 heavy (non-hydrogen) atoms. The number of nitrogens with one attached hydrogen (secondary N) is 1. The van der Waals surface area contributed by atoms with Crippen molar-refractivity contribution in [1.29, 1.82) is 0 Å². The van der Waals surface area contributed by atoms with E-state index in [0.717, 1.165) is 17.1 Å². The molecule has 0 bridgehead atoms. The van der Waals surface area contributed by atoms with Crippen LogP contribution in [-0.4, -0.2) is 39.3 Å². The number of carbonyl (C=O) groups excluding carboxylic acids is 1. The zero-order valence-electron chi connectivity index (χ0n) is 15.3. The average Bonchev–Trinajstić information content (AvgIpc) is 2.57. The van der Waals surface area contributed by atoms with E-state index in [4.69, 9.17) is 11.6 Å². The first-order valence-electron chi connectivity index (χ1n) is 8.81. The van der Waals surface area contributed by atoms with Crippen LogP contribution < -0.4 is 5.32 Å². The van der Waals surface area contributed by atoms with E-state index in [-0.39, 0.29) is 21.4 Å². The van der Waals surface area contributed by atoms with Crippen LogP contribution in [0.4, 0.5) is 0 Å².